The molecule has 0 spiro atoms. The van der Waals surface area contributed by atoms with Crippen LogP contribution < -0.4 is 0 Å². The smallest absolute Gasteiger partial charge is 0.357 e. The van der Waals surface area contributed by atoms with Gasteiger partial charge in [0.1, 0.15) is 0 Å². The van der Waals surface area contributed by atoms with E-state index in [0.717, 1.165) is 21.9 Å². The summed E-state index contributed by atoms with van der Waals surface area (Å²) >= 11 is 6.04. The van der Waals surface area contributed by atoms with Crippen LogP contribution >= 0.6 is 11.6 Å². The Balaban J connectivity index is 2.51. The summed E-state index contributed by atoms with van der Waals surface area (Å²) in [4.78, 5) is 16.3. The molecule has 100 valence electrons. The van der Waals surface area contributed by atoms with Gasteiger partial charge >= 0.3 is 5.97 Å². The molecule has 0 amide bonds. The third kappa shape index (κ3) is 2.00. The van der Waals surface area contributed by atoms with Gasteiger partial charge in [-0.05, 0) is 36.6 Å². The molecule has 0 bridgehead atoms. The maximum atomic E-state index is 11.9. The third-order valence-corrected chi connectivity index (χ3v) is 3.53. The fourth-order valence-corrected chi connectivity index (χ4v) is 2.52. The number of ether oxygens (including phenoxy) is 1. The van der Waals surface area contributed by atoms with Crippen molar-refractivity contribution in [3.8, 4) is 0 Å². The highest BCUT2D eigenvalue weighted by Crippen LogP contribution is 2.29. The Morgan fingerprint density at radius 1 is 1.10 bits per heavy atom. The van der Waals surface area contributed by atoms with Gasteiger partial charge in [0.2, 0.25) is 0 Å². The number of aryl methyl sites for hydroxylation is 1. The van der Waals surface area contributed by atoms with E-state index in [1.165, 1.54) is 7.11 Å². The lowest BCUT2D eigenvalue weighted by Gasteiger charge is -2.09. The highest BCUT2D eigenvalue weighted by Gasteiger charge is 2.15. The first-order valence-electron chi connectivity index (χ1n) is 6.18. The Morgan fingerprint density at radius 2 is 1.90 bits per heavy atom. The minimum atomic E-state index is -0.459. The van der Waals surface area contributed by atoms with Crippen LogP contribution in [0, 0.1) is 6.92 Å². The number of rotatable bonds is 1. The fraction of sp³-hybridized carbons (Fsp3) is 0.125. The molecule has 3 rings (SSSR count). The van der Waals surface area contributed by atoms with Crippen molar-refractivity contribution in [2.75, 3.05) is 7.11 Å². The van der Waals surface area contributed by atoms with Crippen LogP contribution in [-0.2, 0) is 4.74 Å². The monoisotopic (exact) mass is 285 g/mol. The van der Waals surface area contributed by atoms with Crippen LogP contribution in [0.25, 0.3) is 21.7 Å². The highest BCUT2D eigenvalue weighted by atomic mass is 35.5. The lowest BCUT2D eigenvalue weighted by molar-refractivity contribution is 0.0597. The summed E-state index contributed by atoms with van der Waals surface area (Å²) in [6.45, 7) is 2.02. The minimum absolute atomic E-state index is 0.293. The molecule has 2 aromatic carbocycles. The Labute approximate surface area is 121 Å². The van der Waals surface area contributed by atoms with Gasteiger partial charge in [-0.2, -0.15) is 0 Å². The SMILES string of the molecule is COC(=O)c1nc2ccc(C)cc2c2ccc(Cl)cc12. The van der Waals surface area contributed by atoms with Gasteiger partial charge in [-0.15, -0.1) is 0 Å². The first-order chi connectivity index (χ1) is 9.60. The number of benzene rings is 2. The molecule has 0 aliphatic rings. The molecule has 0 saturated heterocycles. The Morgan fingerprint density at radius 3 is 2.65 bits per heavy atom. The largest absolute Gasteiger partial charge is 0.464 e. The number of halogens is 1. The molecule has 1 heterocycles. The van der Waals surface area contributed by atoms with E-state index in [1.54, 1.807) is 6.07 Å². The van der Waals surface area contributed by atoms with Crippen molar-refractivity contribution < 1.29 is 9.53 Å². The number of pyridine rings is 1. The van der Waals surface area contributed by atoms with Crippen LogP contribution in [0.3, 0.4) is 0 Å². The van der Waals surface area contributed by atoms with Gasteiger partial charge < -0.3 is 4.74 Å². The van der Waals surface area contributed by atoms with Crippen LogP contribution in [0.1, 0.15) is 16.1 Å². The summed E-state index contributed by atoms with van der Waals surface area (Å²) in [5.41, 5.74) is 2.20. The summed E-state index contributed by atoms with van der Waals surface area (Å²) in [7, 11) is 1.35. The number of esters is 1. The first kappa shape index (κ1) is 12.9. The molecule has 0 aliphatic carbocycles. The zero-order valence-corrected chi connectivity index (χ0v) is 11.9. The van der Waals surface area contributed by atoms with Gasteiger partial charge in [0.15, 0.2) is 5.69 Å². The van der Waals surface area contributed by atoms with Gasteiger partial charge in [-0.25, -0.2) is 9.78 Å². The number of fused-ring (bicyclic) bond motifs is 3. The number of hydrogen-bond acceptors (Lipinski definition) is 3. The van der Waals surface area contributed by atoms with Crippen LogP contribution in [0.4, 0.5) is 0 Å². The van der Waals surface area contributed by atoms with Crippen molar-refractivity contribution in [3.63, 3.8) is 0 Å². The summed E-state index contributed by atoms with van der Waals surface area (Å²) in [5, 5.41) is 3.23. The molecule has 0 aliphatic heterocycles. The number of carbonyl (C=O) groups is 1. The standard InChI is InChI=1S/C16H12ClNO2/c1-9-3-6-14-12(7-9)11-5-4-10(17)8-13(11)15(18-14)16(19)20-2/h3-8H,1-2H3. The molecular formula is C16H12ClNO2. The summed E-state index contributed by atoms with van der Waals surface area (Å²) in [6, 6.07) is 11.4. The van der Waals surface area contributed by atoms with E-state index in [0.29, 0.717) is 16.1 Å². The molecular weight excluding hydrogens is 274 g/mol. The summed E-state index contributed by atoms with van der Waals surface area (Å²) < 4.78 is 4.81. The number of hydrogen-bond donors (Lipinski definition) is 0. The van der Waals surface area contributed by atoms with Crippen molar-refractivity contribution >= 4 is 39.2 Å². The van der Waals surface area contributed by atoms with E-state index in [9.17, 15) is 4.79 Å². The van der Waals surface area contributed by atoms with Crippen molar-refractivity contribution in [2.24, 2.45) is 0 Å². The minimum Gasteiger partial charge on any atom is -0.464 e. The average Bonchev–Trinajstić information content (AvgIpc) is 2.45. The molecule has 1 aromatic heterocycles. The van der Waals surface area contributed by atoms with E-state index >= 15 is 0 Å². The number of carbonyl (C=O) groups excluding carboxylic acids is 1. The third-order valence-electron chi connectivity index (χ3n) is 3.29. The molecule has 0 atom stereocenters. The lowest BCUT2D eigenvalue weighted by atomic mass is 10.0. The highest BCUT2D eigenvalue weighted by molar-refractivity contribution is 6.32. The maximum absolute atomic E-state index is 11.9. The molecule has 0 N–H and O–H groups in total. The molecule has 4 heteroatoms. The zero-order valence-electron chi connectivity index (χ0n) is 11.1. The molecule has 20 heavy (non-hydrogen) atoms. The molecule has 0 radical (unpaired) electrons. The fourth-order valence-electron chi connectivity index (χ4n) is 2.34. The second-order valence-electron chi connectivity index (χ2n) is 4.66. The maximum Gasteiger partial charge on any atom is 0.357 e. The molecule has 3 aromatic rings. The topological polar surface area (TPSA) is 39.2 Å². The molecule has 3 nitrogen and oxygen atoms in total. The number of aromatic nitrogens is 1. The van der Waals surface area contributed by atoms with Crippen molar-refractivity contribution in [3.05, 3.63) is 52.7 Å². The predicted octanol–water partition coefficient (Wildman–Crippen LogP) is 4.14. The van der Waals surface area contributed by atoms with E-state index in [4.69, 9.17) is 16.3 Å². The molecule has 0 fully saturated rings. The average molecular weight is 286 g/mol. The van der Waals surface area contributed by atoms with E-state index in [-0.39, 0.29) is 0 Å². The quantitative estimate of drug-likeness (QED) is 0.498. The van der Waals surface area contributed by atoms with Crippen LogP contribution in [-0.4, -0.2) is 18.1 Å². The zero-order chi connectivity index (χ0) is 14.3. The number of methoxy groups -OCH3 is 1. The van der Waals surface area contributed by atoms with Crippen molar-refractivity contribution in [2.45, 2.75) is 6.92 Å². The second kappa shape index (κ2) is 4.76. The van der Waals surface area contributed by atoms with Gasteiger partial charge in [0.05, 0.1) is 12.6 Å². The summed E-state index contributed by atoms with van der Waals surface area (Å²) in [5.74, 6) is -0.459. The normalized spacial score (nSPS) is 10.9. The Bertz CT molecular complexity index is 843. The van der Waals surface area contributed by atoms with Gasteiger partial charge in [-0.1, -0.05) is 29.3 Å². The van der Waals surface area contributed by atoms with Crippen LogP contribution in [0.2, 0.25) is 5.02 Å². The molecule has 0 saturated carbocycles. The molecule has 0 unspecified atom stereocenters. The van der Waals surface area contributed by atoms with Crippen LogP contribution in [0.15, 0.2) is 36.4 Å². The lowest BCUT2D eigenvalue weighted by Crippen LogP contribution is -2.05. The van der Waals surface area contributed by atoms with Crippen molar-refractivity contribution in [1.82, 2.24) is 4.98 Å². The van der Waals surface area contributed by atoms with Crippen LogP contribution in [0.5, 0.6) is 0 Å². The predicted molar refractivity (Wildman–Crippen MR) is 80.3 cm³/mol. The van der Waals surface area contributed by atoms with Gasteiger partial charge in [-0.3, -0.25) is 0 Å². The van der Waals surface area contributed by atoms with E-state index in [2.05, 4.69) is 11.1 Å². The van der Waals surface area contributed by atoms with E-state index in [1.807, 2.05) is 31.2 Å². The van der Waals surface area contributed by atoms with E-state index < -0.39 is 5.97 Å². The van der Waals surface area contributed by atoms with Gasteiger partial charge in [0, 0.05) is 15.8 Å². The second-order valence-corrected chi connectivity index (χ2v) is 5.10. The first-order valence-corrected chi connectivity index (χ1v) is 6.56. The number of nitrogens with zero attached hydrogens (tertiary/aromatic N) is 1. The summed E-state index contributed by atoms with van der Waals surface area (Å²) in [6.07, 6.45) is 0. The van der Waals surface area contributed by atoms with Gasteiger partial charge in [0.25, 0.3) is 0 Å². The van der Waals surface area contributed by atoms with Crippen molar-refractivity contribution in [1.29, 1.82) is 0 Å². The Hall–Kier alpha value is -2.13. The Kier molecular flexibility index (Phi) is 3.07.